The van der Waals surface area contributed by atoms with Crippen LogP contribution in [-0.2, 0) is 4.79 Å². The lowest BCUT2D eigenvalue weighted by Crippen LogP contribution is -2.35. The summed E-state index contributed by atoms with van der Waals surface area (Å²) >= 11 is 5.91. The number of amides is 1. The molecule has 0 heterocycles. The van der Waals surface area contributed by atoms with Gasteiger partial charge in [-0.3, -0.25) is 4.79 Å². The average molecular weight is 286 g/mol. The maximum Gasteiger partial charge on any atom is 0.239 e. The van der Waals surface area contributed by atoms with Gasteiger partial charge >= 0.3 is 0 Å². The van der Waals surface area contributed by atoms with E-state index in [1.807, 2.05) is 19.0 Å². The third-order valence-electron chi connectivity index (χ3n) is 2.48. The minimum absolute atomic E-state index is 0.0659. The first kappa shape index (κ1) is 15.6. The van der Waals surface area contributed by atoms with Gasteiger partial charge in [-0.15, -0.1) is 0 Å². The van der Waals surface area contributed by atoms with Crippen LogP contribution >= 0.6 is 11.6 Å². The minimum atomic E-state index is -0.0659. The molecule has 0 bridgehead atoms. The Kier molecular flexibility index (Phi) is 6.45. The van der Waals surface area contributed by atoms with E-state index in [1.165, 1.54) is 0 Å². The summed E-state index contributed by atoms with van der Waals surface area (Å²) in [5.74, 6) is 0.592. The van der Waals surface area contributed by atoms with Crippen molar-refractivity contribution in [2.24, 2.45) is 0 Å². The van der Waals surface area contributed by atoms with Crippen molar-refractivity contribution in [3.05, 3.63) is 23.2 Å². The Bertz CT molecular complexity index is 424. The zero-order valence-electron chi connectivity index (χ0n) is 11.5. The monoisotopic (exact) mass is 285 g/mol. The minimum Gasteiger partial charge on any atom is -0.495 e. The van der Waals surface area contributed by atoms with Crippen molar-refractivity contribution in [1.82, 2.24) is 10.2 Å². The molecule has 0 aromatic heterocycles. The standard InChI is InChI=1S/C13H20ClN3O2/c1-17(2)7-6-15-13(18)9-16-11-8-10(14)4-5-12(11)19-3/h4-5,8,16H,6-7,9H2,1-3H3,(H,15,18). The van der Waals surface area contributed by atoms with Crippen molar-refractivity contribution >= 4 is 23.2 Å². The number of hydrogen-bond acceptors (Lipinski definition) is 4. The summed E-state index contributed by atoms with van der Waals surface area (Å²) in [6, 6.07) is 5.23. The van der Waals surface area contributed by atoms with Crippen molar-refractivity contribution in [2.45, 2.75) is 0 Å². The van der Waals surface area contributed by atoms with Crippen LogP contribution in [0.1, 0.15) is 0 Å². The van der Waals surface area contributed by atoms with E-state index in [0.717, 1.165) is 6.54 Å². The second-order valence-corrected chi connectivity index (χ2v) is 4.79. The molecular formula is C13H20ClN3O2. The van der Waals surface area contributed by atoms with Gasteiger partial charge in [0.05, 0.1) is 19.3 Å². The molecule has 106 valence electrons. The SMILES string of the molecule is COc1ccc(Cl)cc1NCC(=O)NCCN(C)C. The molecule has 1 aromatic carbocycles. The van der Waals surface area contributed by atoms with Gasteiger partial charge in [-0.25, -0.2) is 0 Å². The normalized spacial score (nSPS) is 10.4. The van der Waals surface area contributed by atoms with Gasteiger partial charge in [0.1, 0.15) is 5.75 Å². The first-order valence-electron chi connectivity index (χ1n) is 6.01. The second kappa shape index (κ2) is 7.86. The number of ether oxygens (including phenoxy) is 1. The van der Waals surface area contributed by atoms with E-state index in [2.05, 4.69) is 10.6 Å². The van der Waals surface area contributed by atoms with E-state index in [9.17, 15) is 4.79 Å². The van der Waals surface area contributed by atoms with Gasteiger partial charge in [0, 0.05) is 18.1 Å². The number of anilines is 1. The Labute approximate surface area is 118 Å². The molecule has 0 fully saturated rings. The van der Waals surface area contributed by atoms with Crippen LogP contribution in [-0.4, -0.2) is 51.6 Å². The highest BCUT2D eigenvalue weighted by Crippen LogP contribution is 2.27. The quantitative estimate of drug-likeness (QED) is 0.796. The van der Waals surface area contributed by atoms with Crippen LogP contribution < -0.4 is 15.4 Å². The molecular weight excluding hydrogens is 266 g/mol. The number of halogens is 1. The number of rotatable bonds is 7. The van der Waals surface area contributed by atoms with Gasteiger partial charge in [-0.1, -0.05) is 11.6 Å². The zero-order chi connectivity index (χ0) is 14.3. The first-order valence-corrected chi connectivity index (χ1v) is 6.39. The molecule has 19 heavy (non-hydrogen) atoms. The van der Waals surface area contributed by atoms with Gasteiger partial charge in [-0.2, -0.15) is 0 Å². The predicted octanol–water partition coefficient (Wildman–Crippen LogP) is 1.44. The fourth-order valence-electron chi connectivity index (χ4n) is 1.48. The molecule has 0 atom stereocenters. The summed E-state index contributed by atoms with van der Waals surface area (Å²) in [5.41, 5.74) is 0.706. The van der Waals surface area contributed by atoms with E-state index in [-0.39, 0.29) is 12.5 Å². The number of likely N-dealkylation sites (N-methyl/N-ethyl adjacent to an activating group) is 1. The van der Waals surface area contributed by atoms with Gasteiger partial charge < -0.3 is 20.3 Å². The van der Waals surface area contributed by atoms with Crippen molar-refractivity contribution in [2.75, 3.05) is 46.2 Å². The van der Waals surface area contributed by atoms with Crippen LogP contribution in [0.4, 0.5) is 5.69 Å². The molecule has 0 saturated carbocycles. The molecule has 0 spiro atoms. The van der Waals surface area contributed by atoms with Crippen molar-refractivity contribution < 1.29 is 9.53 Å². The number of carbonyl (C=O) groups excluding carboxylic acids is 1. The van der Waals surface area contributed by atoms with Crippen LogP contribution in [0.5, 0.6) is 5.75 Å². The lowest BCUT2D eigenvalue weighted by Gasteiger charge is -2.13. The van der Waals surface area contributed by atoms with Gasteiger partial charge in [-0.05, 0) is 32.3 Å². The zero-order valence-corrected chi connectivity index (χ0v) is 12.3. The summed E-state index contributed by atoms with van der Waals surface area (Å²) in [7, 11) is 5.49. The van der Waals surface area contributed by atoms with Crippen LogP contribution in [0.2, 0.25) is 5.02 Å². The molecule has 0 unspecified atom stereocenters. The lowest BCUT2D eigenvalue weighted by molar-refractivity contribution is -0.119. The summed E-state index contributed by atoms with van der Waals surface area (Å²) < 4.78 is 5.19. The largest absolute Gasteiger partial charge is 0.495 e. The molecule has 1 aromatic rings. The average Bonchev–Trinajstić information content (AvgIpc) is 2.36. The highest BCUT2D eigenvalue weighted by Gasteiger charge is 2.06. The molecule has 6 heteroatoms. The summed E-state index contributed by atoms with van der Waals surface area (Å²) in [5, 5.41) is 6.42. The molecule has 0 saturated heterocycles. The Hall–Kier alpha value is -1.46. The van der Waals surface area contributed by atoms with Gasteiger partial charge in [0.15, 0.2) is 0 Å². The first-order chi connectivity index (χ1) is 9.02. The Morgan fingerprint density at radius 1 is 1.42 bits per heavy atom. The van der Waals surface area contributed by atoms with E-state index in [1.54, 1.807) is 25.3 Å². The van der Waals surface area contributed by atoms with E-state index >= 15 is 0 Å². The number of nitrogens with zero attached hydrogens (tertiary/aromatic N) is 1. The lowest BCUT2D eigenvalue weighted by atomic mass is 10.3. The van der Waals surface area contributed by atoms with Crippen LogP contribution in [0.3, 0.4) is 0 Å². The van der Waals surface area contributed by atoms with Crippen LogP contribution in [0.25, 0.3) is 0 Å². The summed E-state index contributed by atoms with van der Waals surface area (Å²) in [6.07, 6.45) is 0. The molecule has 1 rings (SSSR count). The summed E-state index contributed by atoms with van der Waals surface area (Å²) in [4.78, 5) is 13.6. The second-order valence-electron chi connectivity index (χ2n) is 4.35. The smallest absolute Gasteiger partial charge is 0.239 e. The van der Waals surface area contributed by atoms with Crippen LogP contribution in [0, 0.1) is 0 Å². The third-order valence-corrected chi connectivity index (χ3v) is 2.72. The number of methoxy groups -OCH3 is 1. The number of carbonyl (C=O) groups is 1. The molecule has 2 N–H and O–H groups in total. The highest BCUT2D eigenvalue weighted by molar-refractivity contribution is 6.30. The predicted molar refractivity (Wildman–Crippen MR) is 78.1 cm³/mol. The number of nitrogens with one attached hydrogen (secondary N) is 2. The molecule has 1 amide bonds. The van der Waals surface area contributed by atoms with E-state index in [0.29, 0.717) is 23.0 Å². The number of hydrogen-bond donors (Lipinski definition) is 2. The Morgan fingerprint density at radius 3 is 2.79 bits per heavy atom. The molecule has 0 aliphatic carbocycles. The molecule has 5 nitrogen and oxygen atoms in total. The molecule has 0 aliphatic heterocycles. The van der Waals surface area contributed by atoms with Crippen molar-refractivity contribution in [3.63, 3.8) is 0 Å². The van der Waals surface area contributed by atoms with Crippen molar-refractivity contribution in [3.8, 4) is 5.75 Å². The van der Waals surface area contributed by atoms with E-state index < -0.39 is 0 Å². The van der Waals surface area contributed by atoms with Gasteiger partial charge in [0.25, 0.3) is 0 Å². The maximum atomic E-state index is 11.6. The molecule has 0 aliphatic rings. The van der Waals surface area contributed by atoms with Gasteiger partial charge in [0.2, 0.25) is 5.91 Å². The van der Waals surface area contributed by atoms with Crippen LogP contribution in [0.15, 0.2) is 18.2 Å². The Balaban J connectivity index is 2.43. The van der Waals surface area contributed by atoms with E-state index in [4.69, 9.17) is 16.3 Å². The topological polar surface area (TPSA) is 53.6 Å². The third kappa shape index (κ3) is 5.81. The Morgan fingerprint density at radius 2 is 2.16 bits per heavy atom. The fourth-order valence-corrected chi connectivity index (χ4v) is 1.65. The fraction of sp³-hybridized carbons (Fsp3) is 0.462. The number of benzene rings is 1. The highest BCUT2D eigenvalue weighted by atomic mass is 35.5. The van der Waals surface area contributed by atoms with Crippen molar-refractivity contribution in [1.29, 1.82) is 0 Å². The summed E-state index contributed by atoms with van der Waals surface area (Å²) in [6.45, 7) is 1.62. The molecule has 0 radical (unpaired) electrons. The maximum absolute atomic E-state index is 11.6.